The Morgan fingerprint density at radius 1 is 0.384 bits per heavy atom. The largest absolute Gasteiger partial charge is 0.466 e. The zero-order valence-corrected chi connectivity index (χ0v) is 48.9. The lowest BCUT2D eigenvalue weighted by Gasteiger charge is -2.22. The number of aliphatic hydroxyl groups is 2. The number of amides is 1. The van der Waals surface area contributed by atoms with E-state index in [1.807, 2.05) is 0 Å². The van der Waals surface area contributed by atoms with Crippen LogP contribution in [0.1, 0.15) is 341 Å². The van der Waals surface area contributed by atoms with Gasteiger partial charge in [0.2, 0.25) is 5.91 Å². The Kier molecular flexibility index (Phi) is 60.5. The molecule has 0 rings (SSSR count). The molecule has 1 amide bonds. The van der Waals surface area contributed by atoms with Crippen molar-refractivity contribution in [3.63, 3.8) is 0 Å². The van der Waals surface area contributed by atoms with E-state index < -0.39 is 12.1 Å². The predicted octanol–water partition coefficient (Wildman–Crippen LogP) is 20.5. The van der Waals surface area contributed by atoms with Gasteiger partial charge in [0.05, 0.1) is 25.4 Å². The zero-order chi connectivity index (χ0) is 52.9. The Morgan fingerprint density at radius 3 is 1.07 bits per heavy atom. The van der Waals surface area contributed by atoms with Crippen LogP contribution in [0, 0.1) is 0 Å². The van der Waals surface area contributed by atoms with Gasteiger partial charge in [-0.05, 0) is 89.9 Å². The van der Waals surface area contributed by atoms with E-state index in [1.165, 1.54) is 250 Å². The van der Waals surface area contributed by atoms with E-state index in [4.69, 9.17) is 4.74 Å². The number of unbranched alkanes of at least 4 members (excludes halogenated alkanes) is 41. The molecule has 0 saturated carbocycles. The maximum Gasteiger partial charge on any atom is 0.305 e. The SMILES string of the molecule is CCCCC/C=C\C/C=C\CCCCCCCC(=O)OCCCCCCCCCCC/C=C\C/C=C\CCCCCCCCCCCCCC(=O)NC(CO)C(O)CCCCCCCCCCCCCCCC. The Balaban J connectivity index is 3.42. The Morgan fingerprint density at radius 2 is 0.685 bits per heavy atom. The van der Waals surface area contributed by atoms with Crippen molar-refractivity contribution >= 4 is 11.9 Å². The summed E-state index contributed by atoms with van der Waals surface area (Å²) in [6, 6.07) is -0.544. The molecule has 73 heavy (non-hydrogen) atoms. The fraction of sp³-hybridized carbons (Fsp3) is 0.851. The minimum atomic E-state index is -0.667. The molecule has 0 aromatic heterocycles. The fourth-order valence-electron chi connectivity index (χ4n) is 9.88. The first kappa shape index (κ1) is 70.8. The number of rotatable bonds is 60. The van der Waals surface area contributed by atoms with Crippen LogP contribution in [0.2, 0.25) is 0 Å². The van der Waals surface area contributed by atoms with Crippen LogP contribution in [0.15, 0.2) is 48.6 Å². The smallest absolute Gasteiger partial charge is 0.305 e. The van der Waals surface area contributed by atoms with Gasteiger partial charge >= 0.3 is 5.97 Å². The van der Waals surface area contributed by atoms with Gasteiger partial charge in [-0.2, -0.15) is 0 Å². The van der Waals surface area contributed by atoms with Crippen molar-refractivity contribution in [1.29, 1.82) is 0 Å². The van der Waals surface area contributed by atoms with Crippen LogP contribution in [-0.4, -0.2) is 47.4 Å². The summed E-state index contributed by atoms with van der Waals surface area (Å²) in [6.07, 6.45) is 79.9. The molecule has 0 saturated heterocycles. The van der Waals surface area contributed by atoms with Crippen LogP contribution in [0.25, 0.3) is 0 Å². The monoisotopic (exact) mass is 1020 g/mol. The average molecular weight is 1020 g/mol. The molecule has 2 unspecified atom stereocenters. The van der Waals surface area contributed by atoms with Gasteiger partial charge in [0.25, 0.3) is 0 Å². The van der Waals surface area contributed by atoms with Crippen molar-refractivity contribution in [2.45, 2.75) is 353 Å². The van der Waals surface area contributed by atoms with E-state index in [2.05, 4.69) is 67.8 Å². The number of allylic oxidation sites excluding steroid dienone is 8. The predicted molar refractivity (Wildman–Crippen MR) is 319 cm³/mol. The molecule has 0 fully saturated rings. The molecule has 0 aromatic carbocycles. The fourth-order valence-corrected chi connectivity index (χ4v) is 9.88. The number of esters is 1. The second kappa shape index (κ2) is 62.4. The molecule has 0 aliphatic carbocycles. The van der Waals surface area contributed by atoms with Crippen molar-refractivity contribution in [2.75, 3.05) is 13.2 Å². The number of hydrogen-bond acceptors (Lipinski definition) is 5. The summed E-state index contributed by atoms with van der Waals surface area (Å²) in [7, 11) is 0. The highest BCUT2D eigenvalue weighted by Gasteiger charge is 2.20. The first-order valence-corrected chi connectivity index (χ1v) is 32.4. The van der Waals surface area contributed by atoms with Gasteiger partial charge in [-0.3, -0.25) is 9.59 Å². The third-order valence-corrected chi connectivity index (χ3v) is 14.9. The Labute approximate surface area is 455 Å². The molecule has 2 atom stereocenters. The summed E-state index contributed by atoms with van der Waals surface area (Å²) in [5.41, 5.74) is 0. The lowest BCUT2D eigenvalue weighted by Crippen LogP contribution is -2.45. The van der Waals surface area contributed by atoms with Crippen molar-refractivity contribution < 1.29 is 24.5 Å². The first-order chi connectivity index (χ1) is 36.0. The summed E-state index contributed by atoms with van der Waals surface area (Å²) < 4.78 is 5.47. The number of hydrogen-bond donors (Lipinski definition) is 3. The number of ether oxygens (including phenoxy) is 1. The average Bonchev–Trinajstić information content (AvgIpc) is 3.39. The van der Waals surface area contributed by atoms with Gasteiger partial charge in [-0.15, -0.1) is 0 Å². The summed E-state index contributed by atoms with van der Waals surface area (Å²) >= 11 is 0. The minimum Gasteiger partial charge on any atom is -0.466 e. The topological polar surface area (TPSA) is 95.9 Å². The number of aliphatic hydroxyl groups excluding tert-OH is 2. The standard InChI is InChI=1S/C67H125NO5/c1-3-5-7-9-11-13-15-17-32-37-41-45-49-53-57-61-67(72)73-62-58-54-50-46-42-38-34-31-29-27-25-23-21-19-20-22-24-26-28-30-33-36-40-44-48-52-56-60-66(71)68-64(63-69)65(70)59-55-51-47-43-39-35-18-16-14-12-10-8-6-4-2/h11,13,17,19-20,23,25,32,64-65,69-70H,3-10,12,14-16,18,21-22,24,26-31,33-63H2,1-2H3,(H,68,71)/b13-11-,20-19-,25-23-,32-17-. The molecule has 0 radical (unpaired) electrons. The molecule has 3 N–H and O–H groups in total. The van der Waals surface area contributed by atoms with Gasteiger partial charge in [-0.1, -0.05) is 287 Å². The van der Waals surface area contributed by atoms with Crippen LogP contribution < -0.4 is 5.32 Å². The highest BCUT2D eigenvalue weighted by Crippen LogP contribution is 2.17. The number of carbonyl (C=O) groups is 2. The molecule has 6 nitrogen and oxygen atoms in total. The van der Waals surface area contributed by atoms with E-state index >= 15 is 0 Å². The van der Waals surface area contributed by atoms with Gasteiger partial charge in [-0.25, -0.2) is 0 Å². The summed E-state index contributed by atoms with van der Waals surface area (Å²) in [5.74, 6) is -0.0409. The van der Waals surface area contributed by atoms with Crippen LogP contribution in [0.5, 0.6) is 0 Å². The quantitative estimate of drug-likeness (QED) is 0.0320. The van der Waals surface area contributed by atoms with Gasteiger partial charge < -0.3 is 20.3 Å². The lowest BCUT2D eigenvalue weighted by molar-refractivity contribution is -0.143. The first-order valence-electron chi connectivity index (χ1n) is 32.4. The molecule has 0 aliphatic heterocycles. The van der Waals surface area contributed by atoms with Crippen molar-refractivity contribution in [1.82, 2.24) is 5.32 Å². The Bertz CT molecular complexity index is 1230. The van der Waals surface area contributed by atoms with Crippen LogP contribution in [-0.2, 0) is 14.3 Å². The molecule has 0 aromatic rings. The van der Waals surface area contributed by atoms with E-state index in [-0.39, 0.29) is 18.5 Å². The second-order valence-electron chi connectivity index (χ2n) is 22.1. The molecule has 0 spiro atoms. The van der Waals surface area contributed by atoms with Gasteiger partial charge in [0.15, 0.2) is 0 Å². The van der Waals surface area contributed by atoms with E-state index in [0.29, 0.717) is 25.9 Å². The van der Waals surface area contributed by atoms with Gasteiger partial charge in [0.1, 0.15) is 0 Å². The van der Waals surface area contributed by atoms with Crippen molar-refractivity contribution in [3.05, 3.63) is 48.6 Å². The number of carbonyl (C=O) groups excluding carboxylic acids is 2. The van der Waals surface area contributed by atoms with Crippen LogP contribution in [0.3, 0.4) is 0 Å². The third kappa shape index (κ3) is 58.9. The summed E-state index contributed by atoms with van der Waals surface area (Å²) in [5, 5.41) is 23.3. The van der Waals surface area contributed by atoms with Crippen molar-refractivity contribution in [3.8, 4) is 0 Å². The highest BCUT2D eigenvalue weighted by molar-refractivity contribution is 5.76. The highest BCUT2D eigenvalue weighted by atomic mass is 16.5. The zero-order valence-electron chi connectivity index (χ0n) is 48.9. The third-order valence-electron chi connectivity index (χ3n) is 14.9. The van der Waals surface area contributed by atoms with E-state index in [9.17, 15) is 19.8 Å². The molecule has 6 heteroatoms. The summed E-state index contributed by atoms with van der Waals surface area (Å²) in [6.45, 7) is 4.93. The molecule has 0 aliphatic rings. The van der Waals surface area contributed by atoms with Crippen LogP contribution in [0.4, 0.5) is 0 Å². The summed E-state index contributed by atoms with van der Waals surface area (Å²) in [4.78, 5) is 24.5. The second-order valence-corrected chi connectivity index (χ2v) is 22.1. The van der Waals surface area contributed by atoms with Crippen molar-refractivity contribution in [2.24, 2.45) is 0 Å². The maximum absolute atomic E-state index is 12.5. The molecular formula is C67H125NO5. The lowest BCUT2D eigenvalue weighted by atomic mass is 10.0. The number of nitrogens with one attached hydrogen (secondary N) is 1. The molecule has 0 bridgehead atoms. The van der Waals surface area contributed by atoms with E-state index in [0.717, 1.165) is 57.8 Å². The molecular weight excluding hydrogens is 899 g/mol. The Hall–Kier alpha value is -2.18. The maximum atomic E-state index is 12.5. The van der Waals surface area contributed by atoms with Gasteiger partial charge in [0, 0.05) is 12.8 Å². The normalized spacial score (nSPS) is 12.9. The molecule has 0 heterocycles. The minimum absolute atomic E-state index is 0.00357. The van der Waals surface area contributed by atoms with E-state index in [1.54, 1.807) is 0 Å². The molecule has 428 valence electrons. The van der Waals surface area contributed by atoms with Crippen LogP contribution >= 0.6 is 0 Å².